The van der Waals surface area contributed by atoms with E-state index < -0.39 is 54.2 Å². The predicted molar refractivity (Wildman–Crippen MR) is 127 cm³/mol. The molecular weight excluding hydrogens is 497 g/mol. The number of halogens is 3. The largest absolute Gasteiger partial charge is 0.443 e. The van der Waals surface area contributed by atoms with Gasteiger partial charge in [-0.15, -0.1) is 4.90 Å². The Morgan fingerprint density at radius 2 is 1.51 bits per heavy atom. The van der Waals surface area contributed by atoms with Crippen molar-refractivity contribution in [1.29, 1.82) is 0 Å². The third-order valence-electron chi connectivity index (χ3n) is 4.64. The summed E-state index contributed by atoms with van der Waals surface area (Å²) >= 11 is 0. The van der Waals surface area contributed by atoms with Crippen molar-refractivity contribution in [3.8, 4) is 0 Å². The first-order chi connectivity index (χ1) is 16.8. The highest BCUT2D eigenvalue weighted by Crippen LogP contribution is 2.30. The number of carbonyl (C=O) groups excluding carboxylic acids is 3. The molecule has 1 aromatic heterocycles. The summed E-state index contributed by atoms with van der Waals surface area (Å²) in [5, 5.41) is 2.16. The molecular formula is C24H33F3N4O6. The van der Waals surface area contributed by atoms with Gasteiger partial charge in [0.25, 0.3) is 0 Å². The molecule has 0 saturated carbocycles. The number of amides is 3. The van der Waals surface area contributed by atoms with Gasteiger partial charge in [0, 0.05) is 24.4 Å². The molecule has 1 N–H and O–H groups in total. The second kappa shape index (κ2) is 11.3. The van der Waals surface area contributed by atoms with Crippen LogP contribution in [0, 0.1) is 0 Å². The van der Waals surface area contributed by atoms with Gasteiger partial charge in [0.2, 0.25) is 5.95 Å². The smallest absolute Gasteiger partial charge is 0.427 e. The molecule has 2 rings (SSSR count). The van der Waals surface area contributed by atoms with Crippen LogP contribution in [-0.4, -0.2) is 57.8 Å². The number of aromatic nitrogens is 2. The minimum Gasteiger partial charge on any atom is -0.443 e. The average molecular weight is 531 g/mol. The van der Waals surface area contributed by atoms with E-state index in [9.17, 15) is 27.6 Å². The van der Waals surface area contributed by atoms with Gasteiger partial charge in [-0.25, -0.2) is 24.4 Å². The van der Waals surface area contributed by atoms with E-state index >= 15 is 0 Å². The Hall–Kier alpha value is -3.38. The molecule has 0 spiro atoms. The normalized spacial score (nSPS) is 18.6. The Morgan fingerprint density at radius 3 is 1.97 bits per heavy atom. The van der Waals surface area contributed by atoms with Crippen LogP contribution < -0.4 is 10.2 Å². The summed E-state index contributed by atoms with van der Waals surface area (Å²) in [5.41, 5.74) is -1.18. The maximum atomic E-state index is 12.7. The topological polar surface area (TPSA) is 120 Å². The SMILES string of the molecule is C[C@@H](CC(F)(F)F)NC(=O)OC1C=CC(c2cnc(N(C(=O)OC(C)(C)C)C(=O)OC(C)(C)C)nc2)C1. The lowest BCUT2D eigenvalue weighted by atomic mass is 10.0. The zero-order valence-electron chi connectivity index (χ0n) is 21.9. The van der Waals surface area contributed by atoms with E-state index in [0.717, 1.165) is 0 Å². The van der Waals surface area contributed by atoms with Crippen LogP contribution in [0.4, 0.5) is 33.5 Å². The molecule has 0 aromatic carbocycles. The maximum Gasteiger partial charge on any atom is 0.427 e. The van der Waals surface area contributed by atoms with Gasteiger partial charge < -0.3 is 19.5 Å². The first-order valence-corrected chi connectivity index (χ1v) is 11.6. The third kappa shape index (κ3) is 10.3. The van der Waals surface area contributed by atoms with E-state index in [1.807, 2.05) is 0 Å². The fourth-order valence-electron chi connectivity index (χ4n) is 3.26. The summed E-state index contributed by atoms with van der Waals surface area (Å²) < 4.78 is 53.1. The summed E-state index contributed by atoms with van der Waals surface area (Å²) in [4.78, 5) is 46.3. The average Bonchev–Trinajstić information content (AvgIpc) is 3.12. The number of carbonyl (C=O) groups is 3. The van der Waals surface area contributed by atoms with Crippen molar-refractivity contribution < 1.29 is 41.8 Å². The Labute approximate surface area is 213 Å². The first-order valence-electron chi connectivity index (χ1n) is 11.6. The van der Waals surface area contributed by atoms with Crippen molar-refractivity contribution in [3.63, 3.8) is 0 Å². The number of allylic oxidation sites excluding steroid dienone is 1. The van der Waals surface area contributed by atoms with E-state index in [1.54, 1.807) is 53.7 Å². The maximum absolute atomic E-state index is 12.7. The molecule has 0 bridgehead atoms. The highest BCUT2D eigenvalue weighted by atomic mass is 19.4. The number of imide groups is 1. The molecule has 206 valence electrons. The van der Waals surface area contributed by atoms with Crippen LogP contribution in [0.15, 0.2) is 24.5 Å². The minimum atomic E-state index is -4.40. The summed E-state index contributed by atoms with van der Waals surface area (Å²) in [5.74, 6) is -0.518. The Bertz CT molecular complexity index is 972. The number of nitrogens with zero attached hydrogens (tertiary/aromatic N) is 3. The quantitative estimate of drug-likeness (QED) is 0.384. The van der Waals surface area contributed by atoms with Crippen molar-refractivity contribution in [1.82, 2.24) is 15.3 Å². The number of nitrogens with one attached hydrogen (secondary N) is 1. The number of alkyl carbamates (subject to hydrolysis) is 1. The van der Waals surface area contributed by atoms with E-state index in [-0.39, 0.29) is 11.9 Å². The van der Waals surface area contributed by atoms with Crippen LogP contribution in [0.1, 0.15) is 72.8 Å². The lowest BCUT2D eigenvalue weighted by Gasteiger charge is -2.27. The van der Waals surface area contributed by atoms with Gasteiger partial charge >= 0.3 is 24.5 Å². The zero-order valence-corrected chi connectivity index (χ0v) is 21.9. The van der Waals surface area contributed by atoms with Crippen molar-refractivity contribution in [2.45, 2.75) is 96.7 Å². The standard InChI is InChI=1S/C24H33F3N4O6/c1-14(11-24(25,26)27)30-19(32)35-17-9-8-15(10-17)16-12-28-18(29-13-16)31(20(33)36-22(2,3)4)21(34)37-23(5,6)7/h8-9,12-15,17H,10-11H2,1-7H3,(H,30,32)/t14-,15?,17?/m0/s1. The summed E-state index contributed by atoms with van der Waals surface area (Å²) in [6, 6.07) is -1.13. The van der Waals surface area contributed by atoms with Crippen LogP contribution in [0.5, 0.6) is 0 Å². The zero-order chi connectivity index (χ0) is 28.2. The highest BCUT2D eigenvalue weighted by molar-refractivity contribution is 6.08. The van der Waals surface area contributed by atoms with E-state index in [0.29, 0.717) is 16.9 Å². The van der Waals surface area contributed by atoms with Crippen LogP contribution >= 0.6 is 0 Å². The summed E-state index contributed by atoms with van der Waals surface area (Å²) in [6.45, 7) is 11.1. The third-order valence-corrected chi connectivity index (χ3v) is 4.64. The fraction of sp³-hybridized carbons (Fsp3) is 0.625. The molecule has 1 heterocycles. The summed E-state index contributed by atoms with van der Waals surface area (Å²) in [7, 11) is 0. The Kier molecular flexibility index (Phi) is 9.15. The van der Waals surface area contributed by atoms with Crippen LogP contribution in [0.25, 0.3) is 0 Å². The molecule has 2 unspecified atom stereocenters. The highest BCUT2D eigenvalue weighted by Gasteiger charge is 2.35. The number of hydrogen-bond donors (Lipinski definition) is 1. The molecule has 0 saturated heterocycles. The van der Waals surface area contributed by atoms with Gasteiger partial charge in [-0.1, -0.05) is 6.08 Å². The van der Waals surface area contributed by atoms with Gasteiger partial charge in [0.05, 0.1) is 6.42 Å². The monoisotopic (exact) mass is 530 g/mol. The molecule has 1 aliphatic carbocycles. The van der Waals surface area contributed by atoms with Gasteiger partial charge in [-0.2, -0.15) is 13.2 Å². The van der Waals surface area contributed by atoms with Crippen molar-refractivity contribution >= 4 is 24.2 Å². The van der Waals surface area contributed by atoms with E-state index in [2.05, 4.69) is 15.3 Å². The Balaban J connectivity index is 2.07. The molecule has 3 amide bonds. The number of anilines is 1. The van der Waals surface area contributed by atoms with Crippen molar-refractivity contribution in [2.24, 2.45) is 0 Å². The van der Waals surface area contributed by atoms with Crippen LogP contribution in [0.3, 0.4) is 0 Å². The number of hydrogen-bond acceptors (Lipinski definition) is 8. The minimum absolute atomic E-state index is 0.250. The molecule has 10 nitrogen and oxygen atoms in total. The molecule has 3 atom stereocenters. The second-order valence-corrected chi connectivity index (χ2v) is 10.6. The van der Waals surface area contributed by atoms with Crippen LogP contribution in [0.2, 0.25) is 0 Å². The lowest BCUT2D eigenvalue weighted by Crippen LogP contribution is -2.44. The molecule has 1 aliphatic rings. The molecule has 0 fully saturated rings. The molecule has 0 radical (unpaired) electrons. The van der Waals surface area contributed by atoms with Crippen LogP contribution in [-0.2, 0) is 14.2 Å². The van der Waals surface area contributed by atoms with E-state index in [1.165, 1.54) is 19.3 Å². The summed E-state index contributed by atoms with van der Waals surface area (Å²) in [6.07, 6.45) is -2.71. The van der Waals surface area contributed by atoms with Crippen molar-refractivity contribution in [3.05, 3.63) is 30.1 Å². The number of alkyl halides is 3. The van der Waals surface area contributed by atoms with Gasteiger partial charge in [0.1, 0.15) is 17.3 Å². The van der Waals surface area contributed by atoms with Gasteiger partial charge in [-0.3, -0.25) is 0 Å². The molecule has 13 heteroatoms. The Morgan fingerprint density at radius 1 is 1.00 bits per heavy atom. The second-order valence-electron chi connectivity index (χ2n) is 10.6. The molecule has 1 aromatic rings. The van der Waals surface area contributed by atoms with E-state index in [4.69, 9.17) is 14.2 Å². The van der Waals surface area contributed by atoms with Gasteiger partial charge in [-0.05, 0) is 66.5 Å². The number of ether oxygens (including phenoxy) is 3. The molecule has 37 heavy (non-hydrogen) atoms. The lowest BCUT2D eigenvalue weighted by molar-refractivity contribution is -0.138. The van der Waals surface area contributed by atoms with Crippen molar-refractivity contribution in [2.75, 3.05) is 4.90 Å². The number of rotatable bonds is 5. The predicted octanol–water partition coefficient (Wildman–Crippen LogP) is 5.63. The molecule has 0 aliphatic heterocycles. The first kappa shape index (κ1) is 29.8. The fourth-order valence-corrected chi connectivity index (χ4v) is 3.26. The van der Waals surface area contributed by atoms with Gasteiger partial charge in [0.15, 0.2) is 0 Å².